The Morgan fingerprint density at radius 3 is 2.59 bits per heavy atom. The fourth-order valence-corrected chi connectivity index (χ4v) is 1.84. The Morgan fingerprint density at radius 2 is 2.06 bits per heavy atom. The SMILES string of the molecule is CCCC(O)(CC(=O)O)c1cc(F)ccc1F. The molecule has 0 saturated heterocycles. The molecule has 17 heavy (non-hydrogen) atoms. The van der Waals surface area contributed by atoms with Crippen LogP contribution >= 0.6 is 0 Å². The lowest BCUT2D eigenvalue weighted by atomic mass is 9.86. The molecule has 0 bridgehead atoms. The van der Waals surface area contributed by atoms with E-state index in [1.807, 2.05) is 0 Å². The van der Waals surface area contributed by atoms with Crippen LogP contribution in [0.2, 0.25) is 0 Å². The molecule has 1 aromatic rings. The Bertz CT molecular complexity index is 420. The van der Waals surface area contributed by atoms with Gasteiger partial charge in [-0.05, 0) is 24.6 Å². The number of hydrogen-bond donors (Lipinski definition) is 2. The maximum atomic E-state index is 13.5. The Hall–Kier alpha value is -1.49. The summed E-state index contributed by atoms with van der Waals surface area (Å²) in [6.07, 6.45) is -0.138. The van der Waals surface area contributed by atoms with Gasteiger partial charge in [0.15, 0.2) is 0 Å². The molecule has 3 nitrogen and oxygen atoms in total. The lowest BCUT2D eigenvalue weighted by Crippen LogP contribution is -2.30. The van der Waals surface area contributed by atoms with E-state index in [0.29, 0.717) is 6.42 Å². The molecule has 0 amide bonds. The van der Waals surface area contributed by atoms with Crippen molar-refractivity contribution >= 4 is 5.97 Å². The zero-order valence-corrected chi connectivity index (χ0v) is 9.41. The maximum absolute atomic E-state index is 13.5. The summed E-state index contributed by atoms with van der Waals surface area (Å²) < 4.78 is 26.5. The van der Waals surface area contributed by atoms with Gasteiger partial charge in [0.05, 0.1) is 6.42 Å². The Balaban J connectivity index is 3.20. The first-order valence-electron chi connectivity index (χ1n) is 5.29. The van der Waals surface area contributed by atoms with Gasteiger partial charge in [0.1, 0.15) is 17.2 Å². The third kappa shape index (κ3) is 3.23. The summed E-state index contributed by atoms with van der Waals surface area (Å²) in [5, 5.41) is 18.9. The summed E-state index contributed by atoms with van der Waals surface area (Å²) in [5.41, 5.74) is -2.17. The van der Waals surface area contributed by atoms with E-state index in [1.165, 1.54) is 0 Å². The van der Waals surface area contributed by atoms with Crippen LogP contribution in [0.3, 0.4) is 0 Å². The number of carbonyl (C=O) groups is 1. The fourth-order valence-electron chi connectivity index (χ4n) is 1.84. The molecule has 1 atom stereocenters. The van der Waals surface area contributed by atoms with Crippen LogP contribution < -0.4 is 0 Å². The molecule has 0 aliphatic heterocycles. The summed E-state index contributed by atoms with van der Waals surface area (Å²) in [5.74, 6) is -2.77. The van der Waals surface area contributed by atoms with Crippen molar-refractivity contribution in [3.05, 3.63) is 35.4 Å². The highest BCUT2D eigenvalue weighted by molar-refractivity contribution is 5.68. The highest BCUT2D eigenvalue weighted by Gasteiger charge is 2.34. The van der Waals surface area contributed by atoms with Gasteiger partial charge in [-0.3, -0.25) is 4.79 Å². The zero-order chi connectivity index (χ0) is 13.1. The van der Waals surface area contributed by atoms with Gasteiger partial charge < -0.3 is 10.2 Å². The molecule has 0 spiro atoms. The van der Waals surface area contributed by atoms with Crippen molar-refractivity contribution in [3.63, 3.8) is 0 Å². The fraction of sp³-hybridized carbons (Fsp3) is 0.417. The molecule has 1 rings (SSSR count). The monoisotopic (exact) mass is 244 g/mol. The van der Waals surface area contributed by atoms with Gasteiger partial charge in [-0.2, -0.15) is 0 Å². The Morgan fingerprint density at radius 1 is 1.41 bits per heavy atom. The molecule has 2 N–H and O–H groups in total. The minimum atomic E-state index is -1.87. The van der Waals surface area contributed by atoms with Gasteiger partial charge in [0.25, 0.3) is 0 Å². The van der Waals surface area contributed by atoms with Gasteiger partial charge in [0.2, 0.25) is 0 Å². The van der Waals surface area contributed by atoms with Crippen LogP contribution in [-0.2, 0) is 10.4 Å². The predicted molar refractivity (Wildman–Crippen MR) is 57.4 cm³/mol. The van der Waals surface area contributed by atoms with Crippen molar-refractivity contribution in [1.82, 2.24) is 0 Å². The van der Waals surface area contributed by atoms with Crippen LogP contribution in [0.1, 0.15) is 31.7 Å². The van der Waals surface area contributed by atoms with Crippen LogP contribution in [0, 0.1) is 11.6 Å². The van der Waals surface area contributed by atoms with Gasteiger partial charge >= 0.3 is 5.97 Å². The van der Waals surface area contributed by atoms with Gasteiger partial charge in [-0.15, -0.1) is 0 Å². The third-order valence-electron chi connectivity index (χ3n) is 2.54. The number of aliphatic carboxylic acids is 1. The molecule has 0 aromatic heterocycles. The normalized spacial score (nSPS) is 14.4. The van der Waals surface area contributed by atoms with Crippen LogP contribution in [-0.4, -0.2) is 16.2 Å². The molecular weight excluding hydrogens is 230 g/mol. The van der Waals surface area contributed by atoms with Crippen molar-refractivity contribution in [2.45, 2.75) is 31.8 Å². The van der Waals surface area contributed by atoms with Crippen molar-refractivity contribution in [2.75, 3.05) is 0 Å². The first-order valence-corrected chi connectivity index (χ1v) is 5.29. The van der Waals surface area contributed by atoms with Crippen LogP contribution in [0.15, 0.2) is 18.2 Å². The molecule has 5 heteroatoms. The van der Waals surface area contributed by atoms with E-state index >= 15 is 0 Å². The lowest BCUT2D eigenvalue weighted by Gasteiger charge is -2.27. The minimum absolute atomic E-state index is 0.0552. The van der Waals surface area contributed by atoms with Crippen LogP contribution in [0.25, 0.3) is 0 Å². The summed E-state index contributed by atoms with van der Waals surface area (Å²) in [6.45, 7) is 1.73. The number of carboxylic acids is 1. The van der Waals surface area contributed by atoms with E-state index in [0.717, 1.165) is 18.2 Å². The Labute approximate surface area is 97.7 Å². The van der Waals surface area contributed by atoms with E-state index in [9.17, 15) is 18.7 Å². The van der Waals surface area contributed by atoms with Crippen molar-refractivity contribution in [2.24, 2.45) is 0 Å². The molecular formula is C12H14F2O3. The number of aliphatic hydroxyl groups is 1. The van der Waals surface area contributed by atoms with Crippen molar-refractivity contribution in [3.8, 4) is 0 Å². The Kier molecular flexibility index (Phi) is 4.17. The predicted octanol–water partition coefficient (Wildman–Crippen LogP) is 2.43. The van der Waals surface area contributed by atoms with E-state index in [4.69, 9.17) is 5.11 Å². The zero-order valence-electron chi connectivity index (χ0n) is 9.41. The van der Waals surface area contributed by atoms with E-state index in [1.54, 1.807) is 6.92 Å². The smallest absolute Gasteiger partial charge is 0.306 e. The summed E-state index contributed by atoms with van der Waals surface area (Å²) in [6, 6.07) is 2.65. The van der Waals surface area contributed by atoms with E-state index in [2.05, 4.69) is 0 Å². The van der Waals surface area contributed by atoms with Crippen molar-refractivity contribution in [1.29, 1.82) is 0 Å². The molecule has 1 unspecified atom stereocenters. The number of carboxylic acid groups (broad SMARTS) is 1. The molecule has 0 fully saturated rings. The summed E-state index contributed by atoms with van der Waals surface area (Å²) in [7, 11) is 0. The second-order valence-corrected chi connectivity index (χ2v) is 3.98. The van der Waals surface area contributed by atoms with Gasteiger partial charge in [-0.25, -0.2) is 8.78 Å². The summed E-state index contributed by atoms with van der Waals surface area (Å²) in [4.78, 5) is 10.7. The summed E-state index contributed by atoms with van der Waals surface area (Å²) >= 11 is 0. The minimum Gasteiger partial charge on any atom is -0.481 e. The molecule has 0 aliphatic rings. The molecule has 0 radical (unpaired) electrons. The number of benzene rings is 1. The highest BCUT2D eigenvalue weighted by Crippen LogP contribution is 2.32. The maximum Gasteiger partial charge on any atom is 0.306 e. The molecule has 94 valence electrons. The average molecular weight is 244 g/mol. The highest BCUT2D eigenvalue weighted by atomic mass is 19.1. The topological polar surface area (TPSA) is 57.5 Å². The van der Waals surface area contributed by atoms with E-state index < -0.39 is 29.6 Å². The number of rotatable bonds is 5. The van der Waals surface area contributed by atoms with Crippen LogP contribution in [0.4, 0.5) is 8.78 Å². The van der Waals surface area contributed by atoms with Gasteiger partial charge in [0, 0.05) is 5.56 Å². The molecule has 0 heterocycles. The molecule has 1 aromatic carbocycles. The van der Waals surface area contributed by atoms with Crippen LogP contribution in [0.5, 0.6) is 0 Å². The standard InChI is InChI=1S/C12H14F2O3/c1-2-5-12(17,7-11(15)16)9-6-8(13)3-4-10(9)14/h3-4,6,17H,2,5,7H2,1H3,(H,15,16). The quantitative estimate of drug-likeness (QED) is 0.836. The third-order valence-corrected chi connectivity index (χ3v) is 2.54. The van der Waals surface area contributed by atoms with E-state index in [-0.39, 0.29) is 12.0 Å². The number of hydrogen-bond acceptors (Lipinski definition) is 2. The molecule has 0 aliphatic carbocycles. The lowest BCUT2D eigenvalue weighted by molar-refractivity contribution is -0.143. The van der Waals surface area contributed by atoms with Gasteiger partial charge in [-0.1, -0.05) is 13.3 Å². The second kappa shape index (κ2) is 5.23. The largest absolute Gasteiger partial charge is 0.481 e. The number of halogens is 2. The first kappa shape index (κ1) is 13.6. The first-order chi connectivity index (χ1) is 7.89. The second-order valence-electron chi connectivity index (χ2n) is 3.98. The average Bonchev–Trinajstić information content (AvgIpc) is 2.20. The van der Waals surface area contributed by atoms with Crippen molar-refractivity contribution < 1.29 is 23.8 Å². The molecule has 0 saturated carbocycles.